The molecule has 0 radical (unpaired) electrons. The third-order valence-electron chi connectivity index (χ3n) is 4.42. The zero-order chi connectivity index (χ0) is 12.8. The van der Waals surface area contributed by atoms with E-state index in [-0.39, 0.29) is 0 Å². The first-order valence-electron chi connectivity index (χ1n) is 7.67. The molecule has 3 heteroatoms. The number of hydrogen-bond donors (Lipinski definition) is 0. The molecule has 0 aromatic rings. The summed E-state index contributed by atoms with van der Waals surface area (Å²) in [6.07, 6.45) is 7.92. The maximum absolute atomic E-state index is 12.1. The molecule has 18 heavy (non-hydrogen) atoms. The van der Waals surface area contributed by atoms with Gasteiger partial charge in [-0.3, -0.25) is 9.69 Å². The van der Waals surface area contributed by atoms with Gasteiger partial charge < -0.3 is 4.74 Å². The first kappa shape index (κ1) is 14.0. The molecule has 0 aromatic heterocycles. The van der Waals surface area contributed by atoms with Crippen LogP contribution >= 0.6 is 0 Å². The predicted octanol–water partition coefficient (Wildman–Crippen LogP) is 2.64. The minimum absolute atomic E-state index is 0.341. The van der Waals surface area contributed by atoms with Crippen LogP contribution in [0.2, 0.25) is 0 Å². The van der Waals surface area contributed by atoms with Crippen LogP contribution in [0.4, 0.5) is 0 Å². The number of nitrogens with zero attached hydrogens (tertiary/aromatic N) is 1. The molecule has 0 spiro atoms. The van der Waals surface area contributed by atoms with E-state index in [1.54, 1.807) is 0 Å². The lowest BCUT2D eigenvalue weighted by Crippen LogP contribution is -2.41. The van der Waals surface area contributed by atoms with Gasteiger partial charge in [0.1, 0.15) is 5.78 Å². The van der Waals surface area contributed by atoms with E-state index in [4.69, 9.17) is 4.74 Å². The monoisotopic (exact) mass is 253 g/mol. The number of rotatable bonds is 6. The van der Waals surface area contributed by atoms with Gasteiger partial charge in [0.2, 0.25) is 0 Å². The summed E-state index contributed by atoms with van der Waals surface area (Å²) >= 11 is 0. The summed E-state index contributed by atoms with van der Waals surface area (Å²) in [5.74, 6) is 0.872. The van der Waals surface area contributed by atoms with Gasteiger partial charge >= 0.3 is 0 Å². The summed E-state index contributed by atoms with van der Waals surface area (Å²) < 4.78 is 5.40. The van der Waals surface area contributed by atoms with Gasteiger partial charge in [0.05, 0.1) is 0 Å². The minimum Gasteiger partial charge on any atom is -0.382 e. The molecule has 0 aromatic carbocycles. The summed E-state index contributed by atoms with van der Waals surface area (Å²) in [6.45, 7) is 6.00. The molecule has 2 aliphatic rings. The molecular formula is C15H27NO2. The average molecular weight is 253 g/mol. The summed E-state index contributed by atoms with van der Waals surface area (Å²) in [4.78, 5) is 14.6. The predicted molar refractivity (Wildman–Crippen MR) is 72.7 cm³/mol. The molecule has 1 aliphatic carbocycles. The van der Waals surface area contributed by atoms with Crippen LogP contribution in [0.3, 0.4) is 0 Å². The number of Topliss-reactive ketones (excluding diaryl/α,β-unsaturated/α-hetero) is 1. The maximum atomic E-state index is 12.1. The third-order valence-corrected chi connectivity index (χ3v) is 4.42. The van der Waals surface area contributed by atoms with Gasteiger partial charge in [-0.15, -0.1) is 0 Å². The smallest absolute Gasteiger partial charge is 0.137 e. The normalized spacial score (nSPS) is 29.9. The van der Waals surface area contributed by atoms with Crippen molar-refractivity contribution in [2.24, 2.45) is 5.92 Å². The average Bonchev–Trinajstić information content (AvgIpc) is 2.83. The highest BCUT2D eigenvalue weighted by Crippen LogP contribution is 2.32. The van der Waals surface area contributed by atoms with Crippen molar-refractivity contribution in [1.29, 1.82) is 0 Å². The van der Waals surface area contributed by atoms with Crippen molar-refractivity contribution in [3.63, 3.8) is 0 Å². The molecule has 1 heterocycles. The second-order valence-corrected chi connectivity index (χ2v) is 5.61. The molecule has 2 rings (SSSR count). The van der Waals surface area contributed by atoms with Crippen LogP contribution in [-0.2, 0) is 9.53 Å². The van der Waals surface area contributed by atoms with Crippen LogP contribution < -0.4 is 0 Å². The number of carbonyl (C=O) groups is 1. The minimum atomic E-state index is 0.341. The Morgan fingerprint density at radius 3 is 2.94 bits per heavy atom. The fourth-order valence-electron chi connectivity index (χ4n) is 3.52. The number of ether oxygens (including phenoxy) is 1. The van der Waals surface area contributed by atoms with E-state index in [1.807, 2.05) is 6.92 Å². The van der Waals surface area contributed by atoms with E-state index >= 15 is 0 Å². The van der Waals surface area contributed by atoms with E-state index in [9.17, 15) is 4.79 Å². The van der Waals surface area contributed by atoms with Gasteiger partial charge in [-0.25, -0.2) is 0 Å². The van der Waals surface area contributed by atoms with Gasteiger partial charge in [-0.1, -0.05) is 6.42 Å². The van der Waals surface area contributed by atoms with Crippen molar-refractivity contribution in [3.8, 4) is 0 Å². The van der Waals surface area contributed by atoms with Crippen molar-refractivity contribution in [2.45, 2.75) is 57.9 Å². The number of carbonyl (C=O) groups excluding carboxylic acids is 1. The van der Waals surface area contributed by atoms with Crippen LogP contribution in [0.5, 0.6) is 0 Å². The van der Waals surface area contributed by atoms with Crippen molar-refractivity contribution < 1.29 is 9.53 Å². The maximum Gasteiger partial charge on any atom is 0.137 e. The van der Waals surface area contributed by atoms with Crippen molar-refractivity contribution >= 4 is 5.78 Å². The fraction of sp³-hybridized carbons (Fsp3) is 0.933. The van der Waals surface area contributed by atoms with E-state index in [0.29, 0.717) is 17.7 Å². The second-order valence-electron chi connectivity index (χ2n) is 5.61. The molecule has 0 amide bonds. The van der Waals surface area contributed by atoms with Gasteiger partial charge in [0.15, 0.2) is 0 Å². The highest BCUT2D eigenvalue weighted by Gasteiger charge is 2.36. The van der Waals surface area contributed by atoms with Crippen molar-refractivity contribution in [1.82, 2.24) is 4.90 Å². The Hall–Kier alpha value is -0.410. The van der Waals surface area contributed by atoms with E-state index in [0.717, 1.165) is 45.4 Å². The highest BCUT2D eigenvalue weighted by atomic mass is 16.5. The lowest BCUT2D eigenvalue weighted by molar-refractivity contribution is -0.126. The van der Waals surface area contributed by atoms with Crippen LogP contribution in [0, 0.1) is 5.92 Å². The van der Waals surface area contributed by atoms with Gasteiger partial charge in [-0.05, 0) is 45.6 Å². The largest absolute Gasteiger partial charge is 0.382 e. The highest BCUT2D eigenvalue weighted by molar-refractivity contribution is 5.82. The molecule has 1 saturated heterocycles. The van der Waals surface area contributed by atoms with Gasteiger partial charge in [0, 0.05) is 38.1 Å². The Morgan fingerprint density at radius 1 is 1.28 bits per heavy atom. The lowest BCUT2D eigenvalue weighted by atomic mass is 9.82. The summed E-state index contributed by atoms with van der Waals surface area (Å²) in [5.41, 5.74) is 0. The zero-order valence-corrected chi connectivity index (χ0v) is 11.7. The molecule has 3 nitrogen and oxygen atoms in total. The molecule has 1 aliphatic heterocycles. The topological polar surface area (TPSA) is 29.5 Å². The SMILES string of the molecule is CCOCCCN1CCCC1C1CCCCC1=O. The van der Waals surface area contributed by atoms with Crippen molar-refractivity contribution in [2.75, 3.05) is 26.3 Å². The van der Waals surface area contributed by atoms with E-state index < -0.39 is 0 Å². The number of likely N-dealkylation sites (tertiary alicyclic amines) is 1. The van der Waals surface area contributed by atoms with Crippen LogP contribution in [-0.4, -0.2) is 43.0 Å². The first-order valence-corrected chi connectivity index (χ1v) is 7.67. The molecular weight excluding hydrogens is 226 g/mol. The first-order chi connectivity index (χ1) is 8.83. The Bertz CT molecular complexity index is 267. The number of ketones is 1. The van der Waals surface area contributed by atoms with Gasteiger partial charge in [0.25, 0.3) is 0 Å². The quantitative estimate of drug-likeness (QED) is 0.682. The Balaban J connectivity index is 1.80. The second kappa shape index (κ2) is 7.25. The zero-order valence-electron chi connectivity index (χ0n) is 11.7. The van der Waals surface area contributed by atoms with Crippen LogP contribution in [0.15, 0.2) is 0 Å². The Morgan fingerprint density at radius 2 is 2.17 bits per heavy atom. The Labute approximate surface area is 111 Å². The van der Waals surface area contributed by atoms with E-state index in [1.165, 1.54) is 25.8 Å². The summed E-state index contributed by atoms with van der Waals surface area (Å²) in [5, 5.41) is 0. The molecule has 1 saturated carbocycles. The van der Waals surface area contributed by atoms with Crippen LogP contribution in [0.1, 0.15) is 51.9 Å². The third kappa shape index (κ3) is 3.55. The molecule has 2 fully saturated rings. The standard InChI is InChI=1S/C15H27NO2/c1-2-18-12-6-11-16-10-5-8-14(16)13-7-3-4-9-15(13)17/h13-14H,2-12H2,1H3. The molecule has 0 bridgehead atoms. The van der Waals surface area contributed by atoms with Crippen LogP contribution in [0.25, 0.3) is 0 Å². The molecule has 104 valence electrons. The summed E-state index contributed by atoms with van der Waals surface area (Å²) in [7, 11) is 0. The molecule has 2 unspecified atom stereocenters. The fourth-order valence-corrected chi connectivity index (χ4v) is 3.52. The molecule has 0 N–H and O–H groups in total. The molecule has 2 atom stereocenters. The summed E-state index contributed by atoms with van der Waals surface area (Å²) in [6, 6.07) is 0.541. The van der Waals surface area contributed by atoms with E-state index in [2.05, 4.69) is 4.90 Å². The number of hydrogen-bond acceptors (Lipinski definition) is 3. The Kier molecular flexibility index (Phi) is 5.64. The lowest BCUT2D eigenvalue weighted by Gasteiger charge is -2.33. The van der Waals surface area contributed by atoms with Gasteiger partial charge in [-0.2, -0.15) is 0 Å². The van der Waals surface area contributed by atoms with Crippen molar-refractivity contribution in [3.05, 3.63) is 0 Å².